The first-order chi connectivity index (χ1) is 16.7. The molecule has 0 spiro atoms. The Bertz CT molecular complexity index is 1270. The number of nitrogens with one attached hydrogen (secondary N) is 2. The molecule has 186 valence electrons. The van der Waals surface area contributed by atoms with E-state index in [0.717, 1.165) is 0 Å². The third kappa shape index (κ3) is 7.04. The Morgan fingerprint density at radius 1 is 0.971 bits per heavy atom. The van der Waals surface area contributed by atoms with Crippen LogP contribution in [-0.4, -0.2) is 58.8 Å². The number of halogens is 1. The first-order valence-corrected chi connectivity index (χ1v) is 12.4. The minimum atomic E-state index is -3.97. The van der Waals surface area contributed by atoms with Crippen molar-refractivity contribution in [2.45, 2.75) is 4.90 Å². The van der Waals surface area contributed by atoms with E-state index < -0.39 is 10.0 Å². The fourth-order valence-electron chi connectivity index (χ4n) is 2.76. The average molecular weight is 567 g/mol. The van der Waals surface area contributed by atoms with Crippen molar-refractivity contribution in [2.24, 2.45) is 0 Å². The zero-order chi connectivity index (χ0) is 25.4. The van der Waals surface area contributed by atoms with Gasteiger partial charge in [0, 0.05) is 24.4 Å². The second kappa shape index (κ2) is 11.8. The van der Waals surface area contributed by atoms with Crippen LogP contribution in [0.25, 0.3) is 0 Å². The molecule has 13 heteroatoms. The number of nitrogens with zero attached hydrogens (tertiary/aromatic N) is 2. The van der Waals surface area contributed by atoms with Gasteiger partial charge in [0.05, 0.1) is 30.2 Å². The SMILES string of the molecule is COCCOc1ccc(C(=O)Nc2ccc(S(=O)(=O)Nc3cc(OC)nc(OC)n3)cc2)cc1Br. The summed E-state index contributed by atoms with van der Waals surface area (Å²) in [6.07, 6.45) is 0. The number of anilines is 2. The van der Waals surface area contributed by atoms with E-state index in [1.165, 1.54) is 44.6 Å². The largest absolute Gasteiger partial charge is 0.490 e. The number of ether oxygens (including phenoxy) is 4. The van der Waals surface area contributed by atoms with Gasteiger partial charge in [-0.15, -0.1) is 0 Å². The number of rotatable bonds is 11. The predicted molar refractivity (Wildman–Crippen MR) is 132 cm³/mol. The van der Waals surface area contributed by atoms with Crippen LogP contribution < -0.4 is 24.2 Å². The van der Waals surface area contributed by atoms with Gasteiger partial charge in [0.15, 0.2) is 5.82 Å². The number of aromatic nitrogens is 2. The Morgan fingerprint density at radius 3 is 2.34 bits per heavy atom. The summed E-state index contributed by atoms with van der Waals surface area (Å²) in [4.78, 5) is 20.5. The van der Waals surface area contributed by atoms with Crippen LogP contribution in [0.5, 0.6) is 17.6 Å². The second-order valence-corrected chi connectivity index (χ2v) is 9.39. The summed E-state index contributed by atoms with van der Waals surface area (Å²) < 4.78 is 48.9. The molecule has 0 aliphatic carbocycles. The van der Waals surface area contributed by atoms with Crippen molar-refractivity contribution < 1.29 is 32.2 Å². The molecular formula is C22H23BrN4O7S. The highest BCUT2D eigenvalue weighted by Crippen LogP contribution is 2.27. The Labute approximate surface area is 211 Å². The van der Waals surface area contributed by atoms with Crippen molar-refractivity contribution in [1.82, 2.24) is 9.97 Å². The Balaban J connectivity index is 1.68. The minimum Gasteiger partial charge on any atom is -0.490 e. The fraction of sp³-hybridized carbons (Fsp3) is 0.227. The van der Waals surface area contributed by atoms with E-state index in [4.69, 9.17) is 18.9 Å². The van der Waals surface area contributed by atoms with Crippen LogP contribution in [0, 0.1) is 0 Å². The number of carbonyl (C=O) groups excluding carboxylic acids is 1. The van der Waals surface area contributed by atoms with Crippen LogP contribution in [0.15, 0.2) is 57.9 Å². The van der Waals surface area contributed by atoms with E-state index in [1.54, 1.807) is 25.3 Å². The first-order valence-electron chi connectivity index (χ1n) is 10.1. The minimum absolute atomic E-state index is 0.0219. The molecular weight excluding hydrogens is 544 g/mol. The third-order valence-electron chi connectivity index (χ3n) is 4.47. The van der Waals surface area contributed by atoms with E-state index in [1.807, 2.05) is 0 Å². The van der Waals surface area contributed by atoms with Gasteiger partial charge in [-0.2, -0.15) is 9.97 Å². The highest BCUT2D eigenvalue weighted by Gasteiger charge is 2.17. The van der Waals surface area contributed by atoms with Gasteiger partial charge in [0.25, 0.3) is 15.9 Å². The van der Waals surface area contributed by atoms with Crippen LogP contribution in [0.1, 0.15) is 10.4 Å². The molecule has 2 aromatic carbocycles. The average Bonchev–Trinajstić information content (AvgIpc) is 2.84. The van der Waals surface area contributed by atoms with Crippen LogP contribution in [0.4, 0.5) is 11.5 Å². The summed E-state index contributed by atoms with van der Waals surface area (Å²) >= 11 is 3.39. The van der Waals surface area contributed by atoms with Gasteiger partial charge in [0.1, 0.15) is 12.4 Å². The number of hydrogen-bond donors (Lipinski definition) is 2. The summed E-state index contributed by atoms with van der Waals surface area (Å²) in [6, 6.07) is 11.9. The number of amides is 1. The number of benzene rings is 2. The highest BCUT2D eigenvalue weighted by atomic mass is 79.9. The molecule has 35 heavy (non-hydrogen) atoms. The van der Waals surface area contributed by atoms with Gasteiger partial charge in [-0.05, 0) is 58.4 Å². The molecule has 3 aromatic rings. The van der Waals surface area contributed by atoms with Crippen molar-refractivity contribution in [2.75, 3.05) is 44.6 Å². The van der Waals surface area contributed by atoms with Crippen LogP contribution in [-0.2, 0) is 14.8 Å². The van der Waals surface area contributed by atoms with Crippen molar-refractivity contribution >= 4 is 43.4 Å². The second-order valence-electron chi connectivity index (χ2n) is 6.85. The van der Waals surface area contributed by atoms with Crippen LogP contribution >= 0.6 is 15.9 Å². The zero-order valence-corrected chi connectivity index (χ0v) is 21.5. The highest BCUT2D eigenvalue weighted by molar-refractivity contribution is 9.10. The van der Waals surface area contributed by atoms with Crippen molar-refractivity contribution in [1.29, 1.82) is 0 Å². The van der Waals surface area contributed by atoms with Gasteiger partial charge in [-0.3, -0.25) is 9.52 Å². The van der Waals surface area contributed by atoms with Gasteiger partial charge in [-0.1, -0.05) is 0 Å². The topological polar surface area (TPSA) is 138 Å². The molecule has 1 aromatic heterocycles. The molecule has 0 bridgehead atoms. The molecule has 0 fully saturated rings. The third-order valence-corrected chi connectivity index (χ3v) is 6.46. The summed E-state index contributed by atoms with van der Waals surface area (Å²) in [7, 11) is 0.344. The fourth-order valence-corrected chi connectivity index (χ4v) is 4.25. The van der Waals surface area contributed by atoms with Gasteiger partial charge in [0.2, 0.25) is 5.88 Å². The number of sulfonamides is 1. The maximum absolute atomic E-state index is 12.8. The van der Waals surface area contributed by atoms with Gasteiger partial charge < -0.3 is 24.3 Å². The lowest BCUT2D eigenvalue weighted by Crippen LogP contribution is -2.15. The molecule has 0 unspecified atom stereocenters. The molecule has 0 aliphatic rings. The lowest BCUT2D eigenvalue weighted by Gasteiger charge is -2.11. The maximum atomic E-state index is 12.8. The Hall–Kier alpha value is -3.42. The summed E-state index contributed by atoms with van der Waals surface area (Å²) in [5.41, 5.74) is 0.803. The molecule has 0 atom stereocenters. The number of carbonyl (C=O) groups is 1. The zero-order valence-electron chi connectivity index (χ0n) is 19.1. The molecule has 1 amide bonds. The quantitative estimate of drug-likeness (QED) is 0.334. The van der Waals surface area contributed by atoms with Crippen molar-refractivity contribution in [3.05, 3.63) is 58.6 Å². The molecule has 0 radical (unpaired) electrons. The van der Waals surface area contributed by atoms with Crippen molar-refractivity contribution in [3.8, 4) is 17.6 Å². The molecule has 11 nitrogen and oxygen atoms in total. The van der Waals surface area contributed by atoms with Crippen molar-refractivity contribution in [3.63, 3.8) is 0 Å². The van der Waals surface area contributed by atoms with E-state index in [-0.39, 0.29) is 28.5 Å². The number of methoxy groups -OCH3 is 3. The van der Waals surface area contributed by atoms with E-state index in [0.29, 0.717) is 34.7 Å². The molecule has 0 saturated carbocycles. The van der Waals surface area contributed by atoms with E-state index in [2.05, 4.69) is 35.9 Å². The first kappa shape index (κ1) is 26.2. The standard InChI is InChI=1S/C22H23BrN4O7S/c1-31-10-11-34-18-9-4-14(12-17(18)23)21(28)24-15-5-7-16(8-6-15)35(29,30)27-19-13-20(32-2)26-22(25-19)33-3/h4-9,12-13H,10-11H2,1-3H3,(H,24,28)(H,25,26,27). The normalized spacial score (nSPS) is 11.0. The molecule has 0 saturated heterocycles. The van der Waals surface area contributed by atoms with Crippen LogP contribution in [0.2, 0.25) is 0 Å². The van der Waals surface area contributed by atoms with Gasteiger partial charge >= 0.3 is 6.01 Å². The molecule has 0 aliphatic heterocycles. The lowest BCUT2D eigenvalue weighted by molar-refractivity contribution is 0.102. The van der Waals surface area contributed by atoms with E-state index in [9.17, 15) is 13.2 Å². The maximum Gasteiger partial charge on any atom is 0.321 e. The lowest BCUT2D eigenvalue weighted by atomic mass is 10.2. The number of hydrogen-bond acceptors (Lipinski definition) is 9. The summed E-state index contributed by atoms with van der Waals surface area (Å²) in [6.45, 7) is 0.820. The predicted octanol–water partition coefficient (Wildman–Crippen LogP) is 3.33. The molecule has 1 heterocycles. The molecule has 2 N–H and O–H groups in total. The van der Waals surface area contributed by atoms with E-state index >= 15 is 0 Å². The Kier molecular flexibility index (Phi) is 8.84. The smallest absolute Gasteiger partial charge is 0.321 e. The summed E-state index contributed by atoms with van der Waals surface area (Å²) in [5.74, 6) is 0.322. The Morgan fingerprint density at radius 2 is 1.71 bits per heavy atom. The summed E-state index contributed by atoms with van der Waals surface area (Å²) in [5, 5.41) is 2.73. The van der Waals surface area contributed by atoms with Crippen LogP contribution in [0.3, 0.4) is 0 Å². The van der Waals surface area contributed by atoms with Gasteiger partial charge in [-0.25, -0.2) is 8.42 Å². The monoisotopic (exact) mass is 566 g/mol. The molecule has 3 rings (SSSR count).